The summed E-state index contributed by atoms with van der Waals surface area (Å²) in [6, 6.07) is 4.38. The lowest BCUT2D eigenvalue weighted by Gasteiger charge is -2.30. The maximum Gasteiger partial charge on any atom is 0.163 e. The Hall–Kier alpha value is -1.60. The van der Waals surface area contributed by atoms with Crippen molar-refractivity contribution in [2.24, 2.45) is 0 Å². The van der Waals surface area contributed by atoms with E-state index in [1.54, 1.807) is 0 Å². The van der Waals surface area contributed by atoms with E-state index in [1.807, 2.05) is 6.20 Å². The van der Waals surface area contributed by atoms with Crippen LogP contribution < -0.4 is 10.2 Å². The SMILES string of the molecule is N#Cc1ncc(C2CC2)cc1N1CCNCC1. The van der Waals surface area contributed by atoms with Gasteiger partial charge < -0.3 is 10.2 Å². The highest BCUT2D eigenvalue weighted by molar-refractivity contribution is 5.58. The number of nitriles is 1. The molecule has 4 nitrogen and oxygen atoms in total. The Balaban J connectivity index is 1.93. The van der Waals surface area contributed by atoms with Crippen LogP contribution >= 0.6 is 0 Å². The van der Waals surface area contributed by atoms with E-state index in [-0.39, 0.29) is 0 Å². The molecular weight excluding hydrogens is 212 g/mol. The number of nitrogens with zero attached hydrogens (tertiary/aromatic N) is 3. The summed E-state index contributed by atoms with van der Waals surface area (Å²) in [7, 11) is 0. The Bertz CT molecular complexity index is 453. The molecule has 3 rings (SSSR count). The zero-order valence-corrected chi connectivity index (χ0v) is 9.82. The maximum atomic E-state index is 9.14. The van der Waals surface area contributed by atoms with Crippen molar-refractivity contribution in [1.29, 1.82) is 5.26 Å². The van der Waals surface area contributed by atoms with Crippen molar-refractivity contribution in [1.82, 2.24) is 10.3 Å². The minimum absolute atomic E-state index is 0.566. The number of nitrogens with one attached hydrogen (secondary N) is 1. The van der Waals surface area contributed by atoms with Crippen LogP contribution in [0.5, 0.6) is 0 Å². The first-order valence-electron chi connectivity index (χ1n) is 6.24. The predicted molar refractivity (Wildman–Crippen MR) is 66.0 cm³/mol. The standard InChI is InChI=1S/C13H16N4/c14-8-12-13(17-5-3-15-4-6-17)7-11(9-16-12)10-1-2-10/h7,9-10,15H,1-6H2. The van der Waals surface area contributed by atoms with Crippen LogP contribution in [0.15, 0.2) is 12.3 Å². The summed E-state index contributed by atoms with van der Waals surface area (Å²) in [5.74, 6) is 0.692. The summed E-state index contributed by atoms with van der Waals surface area (Å²) in [5, 5.41) is 12.5. The lowest BCUT2D eigenvalue weighted by atomic mass is 10.1. The van der Waals surface area contributed by atoms with Crippen molar-refractivity contribution < 1.29 is 0 Å². The Morgan fingerprint density at radius 2 is 2.12 bits per heavy atom. The van der Waals surface area contributed by atoms with Crippen LogP contribution in [0.3, 0.4) is 0 Å². The first kappa shape index (κ1) is 10.5. The molecule has 2 heterocycles. The van der Waals surface area contributed by atoms with Gasteiger partial charge in [0.1, 0.15) is 6.07 Å². The molecule has 0 aromatic carbocycles. The highest BCUT2D eigenvalue weighted by atomic mass is 15.2. The molecule has 0 spiro atoms. The fourth-order valence-electron chi connectivity index (χ4n) is 2.34. The minimum Gasteiger partial charge on any atom is -0.367 e. The molecule has 1 saturated carbocycles. The van der Waals surface area contributed by atoms with E-state index in [1.165, 1.54) is 18.4 Å². The van der Waals surface area contributed by atoms with Gasteiger partial charge in [-0.1, -0.05) is 0 Å². The Labute approximate surface area is 101 Å². The highest BCUT2D eigenvalue weighted by Gasteiger charge is 2.25. The van der Waals surface area contributed by atoms with E-state index in [0.717, 1.165) is 31.9 Å². The van der Waals surface area contributed by atoms with Crippen molar-refractivity contribution in [2.75, 3.05) is 31.1 Å². The molecule has 1 N–H and O–H groups in total. The Morgan fingerprint density at radius 1 is 1.35 bits per heavy atom. The second kappa shape index (κ2) is 4.34. The number of aromatic nitrogens is 1. The van der Waals surface area contributed by atoms with Gasteiger partial charge in [0.15, 0.2) is 5.69 Å². The monoisotopic (exact) mass is 228 g/mol. The summed E-state index contributed by atoms with van der Waals surface area (Å²) in [6.45, 7) is 3.89. The molecule has 1 saturated heterocycles. The molecule has 2 aliphatic rings. The third-order valence-electron chi connectivity index (χ3n) is 3.50. The molecule has 1 aromatic heterocycles. The van der Waals surface area contributed by atoms with Crippen LogP contribution in [-0.2, 0) is 0 Å². The van der Waals surface area contributed by atoms with Crippen molar-refractivity contribution in [2.45, 2.75) is 18.8 Å². The van der Waals surface area contributed by atoms with Gasteiger partial charge in [-0.25, -0.2) is 4.98 Å². The Kier molecular flexibility index (Phi) is 2.69. The molecule has 2 fully saturated rings. The van der Waals surface area contributed by atoms with Crippen LogP contribution in [0, 0.1) is 11.3 Å². The van der Waals surface area contributed by atoms with Gasteiger partial charge in [0.05, 0.1) is 5.69 Å². The van der Waals surface area contributed by atoms with Gasteiger partial charge in [-0.15, -0.1) is 0 Å². The van der Waals surface area contributed by atoms with E-state index in [9.17, 15) is 0 Å². The molecule has 4 heteroatoms. The van der Waals surface area contributed by atoms with Gasteiger partial charge in [0.25, 0.3) is 0 Å². The van der Waals surface area contributed by atoms with Crippen LogP contribution in [0.2, 0.25) is 0 Å². The zero-order chi connectivity index (χ0) is 11.7. The normalized spacial score (nSPS) is 20.1. The van der Waals surface area contributed by atoms with Crippen LogP contribution in [0.25, 0.3) is 0 Å². The second-order valence-corrected chi connectivity index (χ2v) is 4.76. The molecule has 0 atom stereocenters. The number of hydrogen-bond acceptors (Lipinski definition) is 4. The second-order valence-electron chi connectivity index (χ2n) is 4.76. The third kappa shape index (κ3) is 2.11. The zero-order valence-electron chi connectivity index (χ0n) is 9.82. The molecule has 17 heavy (non-hydrogen) atoms. The van der Waals surface area contributed by atoms with Gasteiger partial charge in [-0.3, -0.25) is 0 Å². The Morgan fingerprint density at radius 3 is 2.76 bits per heavy atom. The number of anilines is 1. The molecule has 1 aliphatic heterocycles. The molecule has 0 amide bonds. The number of rotatable bonds is 2. The fourth-order valence-corrected chi connectivity index (χ4v) is 2.34. The van der Waals surface area contributed by atoms with Crippen molar-refractivity contribution in [3.05, 3.63) is 23.5 Å². The predicted octanol–water partition coefficient (Wildman–Crippen LogP) is 1.24. The smallest absolute Gasteiger partial charge is 0.163 e. The lowest BCUT2D eigenvalue weighted by Crippen LogP contribution is -2.43. The quantitative estimate of drug-likeness (QED) is 0.827. The van der Waals surface area contributed by atoms with E-state index in [2.05, 4.69) is 27.3 Å². The summed E-state index contributed by atoms with van der Waals surface area (Å²) >= 11 is 0. The molecule has 88 valence electrons. The van der Waals surface area contributed by atoms with Crippen molar-refractivity contribution in [3.8, 4) is 6.07 Å². The highest BCUT2D eigenvalue weighted by Crippen LogP contribution is 2.41. The van der Waals surface area contributed by atoms with Crippen molar-refractivity contribution in [3.63, 3.8) is 0 Å². The number of hydrogen-bond donors (Lipinski definition) is 1. The first-order chi connectivity index (χ1) is 8.38. The first-order valence-corrected chi connectivity index (χ1v) is 6.24. The van der Waals surface area contributed by atoms with E-state index < -0.39 is 0 Å². The van der Waals surface area contributed by atoms with Gasteiger partial charge in [-0.05, 0) is 30.4 Å². The van der Waals surface area contributed by atoms with Crippen LogP contribution in [-0.4, -0.2) is 31.2 Å². The molecular formula is C13H16N4. The van der Waals surface area contributed by atoms with E-state index in [0.29, 0.717) is 11.6 Å². The molecule has 1 aliphatic carbocycles. The topological polar surface area (TPSA) is 52.0 Å². The average Bonchev–Trinajstić information content (AvgIpc) is 3.23. The summed E-state index contributed by atoms with van der Waals surface area (Å²) in [5.41, 5.74) is 2.90. The summed E-state index contributed by atoms with van der Waals surface area (Å²) < 4.78 is 0. The molecule has 0 unspecified atom stereocenters. The van der Waals surface area contributed by atoms with Gasteiger partial charge in [0, 0.05) is 32.4 Å². The number of piperazine rings is 1. The van der Waals surface area contributed by atoms with Crippen LogP contribution in [0.4, 0.5) is 5.69 Å². The molecule has 1 aromatic rings. The number of pyridine rings is 1. The molecule has 0 radical (unpaired) electrons. The van der Waals surface area contributed by atoms with Crippen LogP contribution in [0.1, 0.15) is 30.0 Å². The van der Waals surface area contributed by atoms with Gasteiger partial charge in [0.2, 0.25) is 0 Å². The summed E-state index contributed by atoms with van der Waals surface area (Å²) in [6.07, 6.45) is 4.42. The van der Waals surface area contributed by atoms with Gasteiger partial charge >= 0.3 is 0 Å². The minimum atomic E-state index is 0.566. The van der Waals surface area contributed by atoms with Gasteiger partial charge in [-0.2, -0.15) is 5.26 Å². The molecule has 0 bridgehead atoms. The van der Waals surface area contributed by atoms with Crippen molar-refractivity contribution >= 4 is 5.69 Å². The fraction of sp³-hybridized carbons (Fsp3) is 0.538. The van der Waals surface area contributed by atoms with E-state index in [4.69, 9.17) is 5.26 Å². The lowest BCUT2D eigenvalue weighted by molar-refractivity contribution is 0.588. The average molecular weight is 228 g/mol. The largest absolute Gasteiger partial charge is 0.367 e. The third-order valence-corrected chi connectivity index (χ3v) is 3.50. The summed E-state index contributed by atoms with van der Waals surface area (Å²) in [4.78, 5) is 6.58. The van der Waals surface area contributed by atoms with E-state index >= 15 is 0 Å². The maximum absolute atomic E-state index is 9.14.